The molecule has 1 saturated carbocycles. The van der Waals surface area contributed by atoms with Crippen LogP contribution in [-0.2, 0) is 4.74 Å². The highest BCUT2D eigenvalue weighted by Gasteiger charge is 2.44. The van der Waals surface area contributed by atoms with Gasteiger partial charge in [-0.3, -0.25) is 0 Å². The van der Waals surface area contributed by atoms with E-state index in [0.717, 1.165) is 30.5 Å². The summed E-state index contributed by atoms with van der Waals surface area (Å²) in [5, 5.41) is 7.99. The highest BCUT2D eigenvalue weighted by Crippen LogP contribution is 2.44. The second kappa shape index (κ2) is 4.78. The van der Waals surface area contributed by atoms with E-state index in [2.05, 4.69) is 10.5 Å². The Labute approximate surface area is 124 Å². The van der Waals surface area contributed by atoms with Gasteiger partial charge in [0.2, 0.25) is 5.89 Å². The minimum atomic E-state index is 0.277. The van der Waals surface area contributed by atoms with Crippen molar-refractivity contribution in [2.75, 3.05) is 0 Å². The van der Waals surface area contributed by atoms with E-state index in [1.54, 1.807) is 0 Å². The first-order valence-corrected chi connectivity index (χ1v) is 8.62. The van der Waals surface area contributed by atoms with Crippen molar-refractivity contribution in [3.8, 4) is 0 Å². The number of nitrogens with one attached hydrogen (secondary N) is 1. The van der Waals surface area contributed by atoms with Gasteiger partial charge in [0, 0.05) is 6.04 Å². The third-order valence-corrected chi connectivity index (χ3v) is 6.06. The molecule has 3 saturated heterocycles. The molecule has 4 aliphatic rings. The Balaban J connectivity index is 1.32. The van der Waals surface area contributed by atoms with Crippen molar-refractivity contribution in [3.05, 3.63) is 11.7 Å². The largest absolute Gasteiger partial charge is 0.374 e. The summed E-state index contributed by atoms with van der Waals surface area (Å²) in [6.07, 6.45) is 10.8. The summed E-state index contributed by atoms with van der Waals surface area (Å²) in [5.74, 6) is 2.87. The molecule has 6 unspecified atom stereocenters. The summed E-state index contributed by atoms with van der Waals surface area (Å²) in [6, 6.07) is 0.948. The van der Waals surface area contributed by atoms with Gasteiger partial charge in [-0.05, 0) is 44.4 Å². The molecular weight excluding hydrogens is 266 g/mol. The van der Waals surface area contributed by atoms with Gasteiger partial charge in [-0.25, -0.2) is 0 Å². The van der Waals surface area contributed by atoms with Crippen LogP contribution >= 0.6 is 0 Å². The first-order chi connectivity index (χ1) is 10.4. The fraction of sp³-hybridized carbons (Fsp3) is 0.875. The highest BCUT2D eigenvalue weighted by atomic mass is 16.5. The number of aromatic nitrogens is 2. The van der Waals surface area contributed by atoms with Gasteiger partial charge in [0.25, 0.3) is 0 Å². The summed E-state index contributed by atoms with van der Waals surface area (Å²) >= 11 is 0. The smallest absolute Gasteiger partial charge is 0.243 e. The second-order valence-corrected chi connectivity index (χ2v) is 7.31. The van der Waals surface area contributed by atoms with E-state index in [4.69, 9.17) is 14.2 Å². The molecule has 21 heavy (non-hydrogen) atoms. The maximum Gasteiger partial charge on any atom is 0.243 e. The van der Waals surface area contributed by atoms with E-state index in [1.165, 1.54) is 38.5 Å². The number of hydrogen-bond acceptors (Lipinski definition) is 5. The van der Waals surface area contributed by atoms with Gasteiger partial charge in [0.05, 0.1) is 24.2 Å². The van der Waals surface area contributed by atoms with Crippen molar-refractivity contribution in [1.82, 2.24) is 15.5 Å². The molecule has 4 heterocycles. The minimum absolute atomic E-state index is 0.277. The van der Waals surface area contributed by atoms with E-state index in [-0.39, 0.29) is 6.04 Å². The van der Waals surface area contributed by atoms with Crippen LogP contribution in [0.5, 0.6) is 0 Å². The molecule has 3 aliphatic heterocycles. The monoisotopic (exact) mass is 289 g/mol. The number of hydrogen-bond donors (Lipinski definition) is 1. The van der Waals surface area contributed by atoms with Gasteiger partial charge in [-0.1, -0.05) is 18.0 Å². The molecule has 6 atom stereocenters. The van der Waals surface area contributed by atoms with Crippen LogP contribution in [0.4, 0.5) is 0 Å². The maximum atomic E-state index is 5.91. The number of rotatable bonds is 2. The van der Waals surface area contributed by atoms with Crippen molar-refractivity contribution < 1.29 is 9.26 Å². The number of nitrogens with zero attached hydrogens (tertiary/aromatic N) is 2. The minimum Gasteiger partial charge on any atom is -0.374 e. The summed E-state index contributed by atoms with van der Waals surface area (Å²) < 4.78 is 11.5. The Morgan fingerprint density at radius 2 is 2.00 bits per heavy atom. The second-order valence-electron chi connectivity index (χ2n) is 7.31. The van der Waals surface area contributed by atoms with E-state index < -0.39 is 0 Å². The van der Waals surface area contributed by atoms with Crippen LogP contribution in [0, 0.1) is 5.92 Å². The van der Waals surface area contributed by atoms with Gasteiger partial charge in [0.1, 0.15) is 0 Å². The van der Waals surface area contributed by atoms with Crippen molar-refractivity contribution in [1.29, 1.82) is 0 Å². The van der Waals surface area contributed by atoms with Crippen LogP contribution < -0.4 is 5.32 Å². The maximum absolute atomic E-state index is 5.91. The van der Waals surface area contributed by atoms with Gasteiger partial charge in [0.15, 0.2) is 5.82 Å². The first-order valence-electron chi connectivity index (χ1n) is 8.62. The lowest BCUT2D eigenvalue weighted by Gasteiger charge is -2.24. The topological polar surface area (TPSA) is 60.2 Å². The van der Waals surface area contributed by atoms with Crippen LogP contribution in [0.15, 0.2) is 4.52 Å². The number of fused-ring (bicyclic) bond motifs is 3. The van der Waals surface area contributed by atoms with Gasteiger partial charge < -0.3 is 14.6 Å². The molecular formula is C16H23N3O2. The molecule has 5 heteroatoms. The average molecular weight is 289 g/mol. The van der Waals surface area contributed by atoms with Crippen LogP contribution in [0.25, 0.3) is 0 Å². The predicted molar refractivity (Wildman–Crippen MR) is 75.8 cm³/mol. The van der Waals surface area contributed by atoms with Crippen molar-refractivity contribution in [2.45, 2.75) is 81.6 Å². The predicted octanol–water partition coefficient (Wildman–Crippen LogP) is 2.70. The lowest BCUT2D eigenvalue weighted by Crippen LogP contribution is -2.30. The molecule has 0 spiro atoms. The number of ether oxygens (including phenoxy) is 1. The zero-order valence-electron chi connectivity index (χ0n) is 12.3. The van der Waals surface area contributed by atoms with Crippen LogP contribution in [0.3, 0.4) is 0 Å². The highest BCUT2D eigenvalue weighted by molar-refractivity contribution is 5.09. The van der Waals surface area contributed by atoms with Crippen molar-refractivity contribution >= 4 is 0 Å². The standard InChI is InChI=1S/C16H23N3O2/c1-2-4-12-9(3-1)7-13(17-12)16-18-15(19-21-16)11-8-10-5-6-14(11)20-10/h9-14,17H,1-8H2. The van der Waals surface area contributed by atoms with Gasteiger partial charge in [-0.15, -0.1) is 0 Å². The third-order valence-electron chi connectivity index (χ3n) is 6.06. The van der Waals surface area contributed by atoms with Gasteiger partial charge in [-0.2, -0.15) is 4.98 Å². The lowest BCUT2D eigenvalue weighted by atomic mass is 9.85. The molecule has 4 fully saturated rings. The Kier molecular flexibility index (Phi) is 2.87. The van der Waals surface area contributed by atoms with Crippen molar-refractivity contribution in [2.24, 2.45) is 5.92 Å². The average Bonchev–Trinajstić information content (AvgIpc) is 3.27. The Morgan fingerprint density at radius 3 is 2.81 bits per heavy atom. The molecule has 0 amide bonds. The van der Waals surface area contributed by atoms with Crippen LogP contribution in [-0.4, -0.2) is 28.4 Å². The molecule has 1 aliphatic carbocycles. The molecule has 5 nitrogen and oxygen atoms in total. The molecule has 114 valence electrons. The normalized spacial score (nSPS) is 45.1. The molecule has 5 rings (SSSR count). The molecule has 1 N–H and O–H groups in total. The molecule has 0 radical (unpaired) electrons. The summed E-state index contributed by atoms with van der Waals surface area (Å²) in [5.41, 5.74) is 0. The first kappa shape index (κ1) is 12.6. The zero-order chi connectivity index (χ0) is 13.8. The lowest BCUT2D eigenvalue weighted by molar-refractivity contribution is 0.0996. The Morgan fingerprint density at radius 1 is 1.05 bits per heavy atom. The van der Waals surface area contributed by atoms with Crippen LogP contribution in [0.2, 0.25) is 0 Å². The zero-order valence-corrected chi connectivity index (χ0v) is 12.3. The SMILES string of the molecule is C1CCC2NC(c3nc(C4CC5CCC4O5)no3)CC2C1. The fourth-order valence-electron chi connectivity index (χ4n) is 4.96. The van der Waals surface area contributed by atoms with E-state index >= 15 is 0 Å². The van der Waals surface area contributed by atoms with E-state index in [0.29, 0.717) is 24.2 Å². The fourth-order valence-corrected chi connectivity index (χ4v) is 4.96. The molecule has 0 aromatic carbocycles. The Hall–Kier alpha value is -0.940. The summed E-state index contributed by atoms with van der Waals surface area (Å²) in [6.45, 7) is 0. The van der Waals surface area contributed by atoms with Crippen molar-refractivity contribution in [3.63, 3.8) is 0 Å². The molecule has 1 aromatic rings. The molecule has 1 aromatic heterocycles. The van der Waals surface area contributed by atoms with E-state index in [1.807, 2.05) is 0 Å². The summed E-state index contributed by atoms with van der Waals surface area (Å²) in [7, 11) is 0. The third kappa shape index (κ3) is 2.05. The van der Waals surface area contributed by atoms with Gasteiger partial charge >= 0.3 is 0 Å². The van der Waals surface area contributed by atoms with E-state index in [9.17, 15) is 0 Å². The quantitative estimate of drug-likeness (QED) is 0.907. The Bertz CT molecular complexity index is 517. The van der Waals surface area contributed by atoms with Crippen LogP contribution in [0.1, 0.15) is 75.0 Å². The summed E-state index contributed by atoms with van der Waals surface area (Å²) in [4.78, 5) is 4.73. The molecule has 2 bridgehead atoms.